The number of dihydropyridines is 1. The second kappa shape index (κ2) is 9.51. The van der Waals surface area contributed by atoms with Gasteiger partial charge in [-0.25, -0.2) is 4.98 Å². The number of para-hydroxylation sites is 1. The fourth-order valence-corrected chi connectivity index (χ4v) is 5.73. The lowest BCUT2D eigenvalue weighted by Crippen LogP contribution is -2.13. The van der Waals surface area contributed by atoms with Crippen molar-refractivity contribution in [2.75, 3.05) is 18.4 Å². The van der Waals surface area contributed by atoms with Crippen LogP contribution in [-0.2, 0) is 0 Å². The Balaban J connectivity index is 1.38. The van der Waals surface area contributed by atoms with Gasteiger partial charge in [-0.15, -0.1) is 0 Å². The van der Waals surface area contributed by atoms with E-state index in [-0.39, 0.29) is 0 Å². The molecule has 184 valence electrons. The third kappa shape index (κ3) is 4.15. The molecule has 0 saturated heterocycles. The predicted molar refractivity (Wildman–Crippen MR) is 162 cm³/mol. The van der Waals surface area contributed by atoms with Crippen molar-refractivity contribution in [2.45, 2.75) is 0 Å². The molecule has 4 aromatic carbocycles. The monoisotopic (exact) mass is 556 g/mol. The number of nitrogens with zero attached hydrogens (tertiary/aromatic N) is 2. The summed E-state index contributed by atoms with van der Waals surface area (Å²) in [6.45, 7) is 1.59. The molecule has 0 saturated carbocycles. The minimum absolute atomic E-state index is 0.733. The van der Waals surface area contributed by atoms with Gasteiger partial charge in [-0.3, -0.25) is 4.57 Å². The van der Waals surface area contributed by atoms with E-state index in [9.17, 15) is 0 Å². The lowest BCUT2D eigenvalue weighted by molar-refractivity contribution is 0.976. The molecule has 5 aromatic rings. The summed E-state index contributed by atoms with van der Waals surface area (Å²) in [5, 5.41) is 9.51. The molecule has 0 spiro atoms. The van der Waals surface area contributed by atoms with E-state index < -0.39 is 0 Å². The van der Waals surface area contributed by atoms with Gasteiger partial charge in [0.2, 0.25) is 0 Å². The van der Waals surface area contributed by atoms with Crippen molar-refractivity contribution in [1.82, 2.24) is 14.9 Å². The van der Waals surface area contributed by atoms with Gasteiger partial charge in [0.1, 0.15) is 17.3 Å². The maximum atomic E-state index is 5.21. The summed E-state index contributed by atoms with van der Waals surface area (Å²) >= 11 is 3.75. The highest BCUT2D eigenvalue weighted by Gasteiger charge is 2.23. The standard InChI is InChI=1S/C33H25BrN4/c34-29-17-26(25-9-6-14-35-20-25)16-27(18-29)32-37-31-19-28(24-13-12-22-7-4-5-8-23(22)15-24)21-36-33(31)38(32)30-10-2-1-3-11-30/h1-13,15-20,35-36H,14,21H2. The third-order valence-corrected chi connectivity index (χ3v) is 7.53. The second-order valence-corrected chi connectivity index (χ2v) is 10.5. The maximum absolute atomic E-state index is 5.21. The van der Waals surface area contributed by atoms with Gasteiger partial charge < -0.3 is 10.6 Å². The SMILES string of the molecule is Brc1cc(C2=CNCC=C2)cc(-c2nc3c(n2-c2ccccc2)NCC(c2ccc4ccccc4c2)=C3)c1. The molecule has 38 heavy (non-hydrogen) atoms. The first-order valence-corrected chi connectivity index (χ1v) is 13.6. The van der Waals surface area contributed by atoms with E-state index >= 15 is 0 Å². The van der Waals surface area contributed by atoms with E-state index in [1.54, 1.807) is 0 Å². The number of benzene rings is 4. The number of fused-ring (bicyclic) bond motifs is 2. The van der Waals surface area contributed by atoms with Crippen LogP contribution in [0.4, 0.5) is 5.82 Å². The Morgan fingerprint density at radius 1 is 0.789 bits per heavy atom. The molecule has 0 unspecified atom stereocenters. The average molecular weight is 557 g/mol. The first-order valence-electron chi connectivity index (χ1n) is 12.8. The van der Waals surface area contributed by atoms with Crippen LogP contribution >= 0.6 is 15.9 Å². The Morgan fingerprint density at radius 2 is 1.61 bits per heavy atom. The Hall–Kier alpha value is -4.35. The highest BCUT2D eigenvalue weighted by Crippen LogP contribution is 2.37. The number of allylic oxidation sites excluding steroid dienone is 2. The number of imidazole rings is 1. The molecule has 3 heterocycles. The topological polar surface area (TPSA) is 41.9 Å². The molecule has 2 N–H and O–H groups in total. The van der Waals surface area contributed by atoms with Crippen molar-refractivity contribution < 1.29 is 0 Å². The molecular weight excluding hydrogens is 532 g/mol. The second-order valence-electron chi connectivity index (χ2n) is 9.56. The molecule has 0 aliphatic carbocycles. The minimum atomic E-state index is 0.733. The largest absolute Gasteiger partial charge is 0.387 e. The van der Waals surface area contributed by atoms with Crippen LogP contribution in [0.1, 0.15) is 16.8 Å². The smallest absolute Gasteiger partial charge is 0.146 e. The van der Waals surface area contributed by atoms with Crippen LogP contribution in [0.2, 0.25) is 0 Å². The number of aromatic nitrogens is 2. The Kier molecular flexibility index (Phi) is 5.71. The van der Waals surface area contributed by atoms with Gasteiger partial charge >= 0.3 is 0 Å². The molecule has 0 bridgehead atoms. The summed E-state index contributed by atoms with van der Waals surface area (Å²) in [4.78, 5) is 5.21. The van der Waals surface area contributed by atoms with E-state index in [4.69, 9.17) is 4.98 Å². The number of halogens is 1. The van der Waals surface area contributed by atoms with E-state index in [1.165, 1.54) is 21.9 Å². The highest BCUT2D eigenvalue weighted by atomic mass is 79.9. The summed E-state index contributed by atoms with van der Waals surface area (Å²) in [6, 6.07) is 32.1. The average Bonchev–Trinajstić information content (AvgIpc) is 3.36. The Morgan fingerprint density at radius 3 is 2.45 bits per heavy atom. The lowest BCUT2D eigenvalue weighted by Gasteiger charge is -2.19. The number of hydrogen-bond acceptors (Lipinski definition) is 3. The first-order chi connectivity index (χ1) is 18.7. The van der Waals surface area contributed by atoms with Gasteiger partial charge in [0, 0.05) is 35.0 Å². The third-order valence-electron chi connectivity index (χ3n) is 7.08. The van der Waals surface area contributed by atoms with Crippen molar-refractivity contribution in [2.24, 2.45) is 0 Å². The molecule has 0 atom stereocenters. The van der Waals surface area contributed by atoms with Crippen LogP contribution in [0.25, 0.3) is 45.1 Å². The molecule has 1 aromatic heterocycles. The minimum Gasteiger partial charge on any atom is -0.387 e. The molecule has 4 nitrogen and oxygen atoms in total. The van der Waals surface area contributed by atoms with E-state index in [0.717, 1.165) is 57.3 Å². The van der Waals surface area contributed by atoms with Gasteiger partial charge in [-0.1, -0.05) is 82.7 Å². The summed E-state index contributed by atoms with van der Waals surface area (Å²) < 4.78 is 3.25. The van der Waals surface area contributed by atoms with Crippen LogP contribution in [-0.4, -0.2) is 22.6 Å². The molecular formula is C33H25BrN4. The summed E-state index contributed by atoms with van der Waals surface area (Å²) in [7, 11) is 0. The molecule has 0 fully saturated rings. The molecule has 2 aliphatic rings. The van der Waals surface area contributed by atoms with E-state index in [1.807, 2.05) is 6.07 Å². The van der Waals surface area contributed by atoms with Gasteiger partial charge in [0.25, 0.3) is 0 Å². The lowest BCUT2D eigenvalue weighted by atomic mass is 9.99. The van der Waals surface area contributed by atoms with Crippen LogP contribution < -0.4 is 10.6 Å². The first kappa shape index (κ1) is 22.8. The fraction of sp³-hybridized carbons (Fsp3) is 0.0606. The van der Waals surface area contributed by atoms with Crippen LogP contribution in [0.3, 0.4) is 0 Å². The molecule has 0 radical (unpaired) electrons. The fourth-order valence-electron chi connectivity index (χ4n) is 5.24. The van der Waals surface area contributed by atoms with Crippen molar-refractivity contribution in [3.63, 3.8) is 0 Å². The van der Waals surface area contributed by atoms with E-state index in [2.05, 4.69) is 140 Å². The Bertz CT molecular complexity index is 1780. The van der Waals surface area contributed by atoms with Crippen molar-refractivity contribution in [3.8, 4) is 17.1 Å². The predicted octanol–water partition coefficient (Wildman–Crippen LogP) is 7.92. The van der Waals surface area contributed by atoms with Crippen LogP contribution in [0.5, 0.6) is 0 Å². The summed E-state index contributed by atoms with van der Waals surface area (Å²) in [5.41, 5.74) is 7.80. The zero-order valence-corrected chi connectivity index (χ0v) is 22.2. The number of rotatable bonds is 4. The zero-order chi connectivity index (χ0) is 25.5. The van der Waals surface area contributed by atoms with Crippen LogP contribution in [0, 0.1) is 0 Å². The number of anilines is 1. The van der Waals surface area contributed by atoms with Crippen molar-refractivity contribution in [3.05, 3.63) is 131 Å². The summed E-state index contributed by atoms with van der Waals surface area (Å²) in [5.74, 6) is 1.91. The van der Waals surface area contributed by atoms with E-state index in [0.29, 0.717) is 0 Å². The normalized spacial score (nSPS) is 14.3. The maximum Gasteiger partial charge on any atom is 0.146 e. The van der Waals surface area contributed by atoms with Crippen molar-refractivity contribution in [1.29, 1.82) is 0 Å². The van der Waals surface area contributed by atoms with Gasteiger partial charge in [0.15, 0.2) is 0 Å². The molecule has 7 rings (SSSR count). The number of nitrogens with one attached hydrogen (secondary N) is 2. The summed E-state index contributed by atoms with van der Waals surface area (Å²) in [6.07, 6.45) is 8.61. The Labute approximate surface area is 230 Å². The van der Waals surface area contributed by atoms with Gasteiger partial charge in [0.05, 0.1) is 0 Å². The van der Waals surface area contributed by atoms with Crippen LogP contribution in [0.15, 0.2) is 114 Å². The van der Waals surface area contributed by atoms with Gasteiger partial charge in [-0.2, -0.15) is 0 Å². The zero-order valence-electron chi connectivity index (χ0n) is 20.7. The quantitative estimate of drug-likeness (QED) is 0.236. The van der Waals surface area contributed by atoms with Gasteiger partial charge in [-0.05, 0) is 75.5 Å². The number of hydrogen-bond donors (Lipinski definition) is 2. The highest BCUT2D eigenvalue weighted by molar-refractivity contribution is 9.10. The molecule has 2 aliphatic heterocycles. The molecule has 5 heteroatoms. The molecule has 0 amide bonds. The van der Waals surface area contributed by atoms with Crippen molar-refractivity contribution >= 4 is 49.7 Å².